The van der Waals surface area contributed by atoms with Gasteiger partial charge in [0.25, 0.3) is 0 Å². The number of nitrogens with one attached hydrogen (secondary N) is 2. The van der Waals surface area contributed by atoms with Crippen molar-refractivity contribution in [3.05, 3.63) is 95.8 Å². The van der Waals surface area contributed by atoms with Crippen LogP contribution in [0.15, 0.2) is 84.0 Å². The van der Waals surface area contributed by atoms with Crippen LogP contribution < -0.4 is 5.32 Å². The van der Waals surface area contributed by atoms with E-state index in [-0.39, 0.29) is 11.7 Å². The second-order valence-corrected chi connectivity index (χ2v) is 7.78. The molecule has 7 heteroatoms. The number of H-pyrrole nitrogens is 1. The molecule has 4 rings (SSSR count). The van der Waals surface area contributed by atoms with Crippen molar-refractivity contribution in [3.63, 3.8) is 0 Å². The fourth-order valence-electron chi connectivity index (χ4n) is 2.92. The molecule has 1 aromatic heterocycles. The zero-order valence-corrected chi connectivity index (χ0v) is 17.0. The number of nitrogens with zero attached hydrogens (tertiary/aromatic N) is 2. The molecule has 0 aliphatic rings. The highest BCUT2D eigenvalue weighted by Crippen LogP contribution is 2.35. The van der Waals surface area contributed by atoms with Gasteiger partial charge in [-0.3, -0.25) is 9.89 Å². The molecule has 0 saturated carbocycles. The van der Waals surface area contributed by atoms with Crippen LogP contribution in [0.4, 0.5) is 10.1 Å². The van der Waals surface area contributed by atoms with Crippen LogP contribution >= 0.6 is 11.8 Å². The van der Waals surface area contributed by atoms with Gasteiger partial charge < -0.3 is 5.32 Å². The molecule has 1 atom stereocenters. The number of aromatic nitrogens is 3. The topological polar surface area (TPSA) is 70.7 Å². The van der Waals surface area contributed by atoms with E-state index in [0.29, 0.717) is 22.2 Å². The summed E-state index contributed by atoms with van der Waals surface area (Å²) in [7, 11) is 0. The van der Waals surface area contributed by atoms with E-state index in [2.05, 4.69) is 20.5 Å². The summed E-state index contributed by atoms with van der Waals surface area (Å²) in [5.41, 5.74) is 2.99. The van der Waals surface area contributed by atoms with E-state index in [0.717, 1.165) is 11.1 Å². The molecule has 0 unspecified atom stereocenters. The van der Waals surface area contributed by atoms with Crippen molar-refractivity contribution in [3.8, 4) is 11.4 Å². The molecule has 5 nitrogen and oxygen atoms in total. The standard InChI is InChI=1S/C23H19FN4OS/c1-15-11-13-17(14-12-15)25-22(29)20(16-7-3-2-4-8-16)30-23-26-21(27-28-23)18-9-5-6-10-19(18)24/h2-14,20H,1H3,(H,25,29)(H,26,27,28)/t20-/m0/s1. The predicted molar refractivity (Wildman–Crippen MR) is 117 cm³/mol. The molecule has 0 fully saturated rings. The lowest BCUT2D eigenvalue weighted by atomic mass is 10.1. The lowest BCUT2D eigenvalue weighted by molar-refractivity contribution is -0.115. The molecule has 0 radical (unpaired) electrons. The number of anilines is 1. The highest BCUT2D eigenvalue weighted by atomic mass is 32.2. The van der Waals surface area contributed by atoms with Crippen molar-refractivity contribution in [1.82, 2.24) is 15.2 Å². The smallest absolute Gasteiger partial charge is 0.242 e. The van der Waals surface area contributed by atoms with E-state index in [4.69, 9.17) is 0 Å². The molecule has 30 heavy (non-hydrogen) atoms. The molecular weight excluding hydrogens is 399 g/mol. The Bertz CT molecular complexity index is 1150. The number of thioether (sulfide) groups is 1. The Morgan fingerprint density at radius 3 is 2.43 bits per heavy atom. The quantitative estimate of drug-likeness (QED) is 0.412. The van der Waals surface area contributed by atoms with Crippen LogP contribution in [0.3, 0.4) is 0 Å². The van der Waals surface area contributed by atoms with Crippen molar-refractivity contribution >= 4 is 23.4 Å². The molecular formula is C23H19FN4OS. The highest BCUT2D eigenvalue weighted by Gasteiger charge is 2.24. The van der Waals surface area contributed by atoms with Crippen molar-refractivity contribution in [2.45, 2.75) is 17.3 Å². The molecule has 0 aliphatic carbocycles. The van der Waals surface area contributed by atoms with E-state index in [9.17, 15) is 9.18 Å². The predicted octanol–water partition coefficient (Wildman–Crippen LogP) is 5.39. The Morgan fingerprint density at radius 1 is 1.00 bits per heavy atom. The fraction of sp³-hybridized carbons (Fsp3) is 0.0870. The van der Waals surface area contributed by atoms with Crippen molar-refractivity contribution in [2.75, 3.05) is 5.32 Å². The highest BCUT2D eigenvalue weighted by molar-refractivity contribution is 8.00. The second kappa shape index (κ2) is 8.92. The first kappa shape index (κ1) is 19.8. The maximum Gasteiger partial charge on any atom is 0.242 e. The van der Waals surface area contributed by atoms with Crippen molar-refractivity contribution < 1.29 is 9.18 Å². The number of halogens is 1. The Kier molecular flexibility index (Phi) is 5.90. The Balaban J connectivity index is 1.59. The lowest BCUT2D eigenvalue weighted by Gasteiger charge is -2.15. The third-order valence-electron chi connectivity index (χ3n) is 4.48. The first-order valence-corrected chi connectivity index (χ1v) is 10.2. The summed E-state index contributed by atoms with van der Waals surface area (Å²) in [6.45, 7) is 1.99. The lowest BCUT2D eigenvalue weighted by Crippen LogP contribution is -2.19. The van der Waals surface area contributed by atoms with E-state index in [1.54, 1.807) is 18.2 Å². The fourth-order valence-corrected chi connectivity index (χ4v) is 3.84. The molecule has 1 amide bonds. The van der Waals surface area contributed by atoms with Gasteiger partial charge in [0.05, 0.1) is 5.56 Å². The van der Waals surface area contributed by atoms with Gasteiger partial charge in [0.2, 0.25) is 11.1 Å². The molecule has 150 valence electrons. The Hall–Kier alpha value is -3.45. The first-order valence-electron chi connectivity index (χ1n) is 9.36. The number of carbonyl (C=O) groups excluding carboxylic acids is 1. The third kappa shape index (κ3) is 4.58. The number of benzene rings is 3. The third-order valence-corrected chi connectivity index (χ3v) is 5.59. The van der Waals surface area contributed by atoms with Gasteiger partial charge in [0.1, 0.15) is 11.1 Å². The van der Waals surface area contributed by atoms with Gasteiger partial charge in [0.15, 0.2) is 5.82 Å². The van der Waals surface area contributed by atoms with E-state index < -0.39 is 5.25 Å². The molecule has 0 aliphatic heterocycles. The van der Waals surface area contributed by atoms with Crippen LogP contribution in [0.1, 0.15) is 16.4 Å². The number of hydrogen-bond acceptors (Lipinski definition) is 4. The number of amides is 1. The Morgan fingerprint density at radius 2 is 1.70 bits per heavy atom. The normalized spacial score (nSPS) is 11.8. The maximum absolute atomic E-state index is 14.1. The minimum Gasteiger partial charge on any atom is -0.325 e. The van der Waals surface area contributed by atoms with Crippen LogP contribution in [0, 0.1) is 12.7 Å². The minimum atomic E-state index is -0.572. The summed E-state index contributed by atoms with van der Waals surface area (Å²) in [6, 6.07) is 23.4. The minimum absolute atomic E-state index is 0.188. The monoisotopic (exact) mass is 418 g/mol. The van der Waals surface area contributed by atoms with Crippen molar-refractivity contribution in [2.24, 2.45) is 0 Å². The van der Waals surface area contributed by atoms with Gasteiger partial charge in [-0.15, -0.1) is 5.10 Å². The van der Waals surface area contributed by atoms with Crippen molar-refractivity contribution in [1.29, 1.82) is 0 Å². The molecule has 1 heterocycles. The van der Waals surface area contributed by atoms with Crippen LogP contribution in [-0.4, -0.2) is 21.1 Å². The summed E-state index contributed by atoms with van der Waals surface area (Å²) in [5, 5.41) is 9.68. The Labute approximate surface area is 177 Å². The molecule has 2 N–H and O–H groups in total. The molecule has 0 saturated heterocycles. The maximum atomic E-state index is 14.1. The SMILES string of the molecule is Cc1ccc(NC(=O)[C@@H](Sc2n[nH]c(-c3ccccc3F)n2)c2ccccc2)cc1. The van der Waals surface area contributed by atoms with Gasteiger partial charge in [-0.05, 0) is 36.8 Å². The number of aromatic amines is 1. The van der Waals surface area contributed by atoms with E-state index in [1.165, 1.54) is 17.8 Å². The van der Waals surface area contributed by atoms with E-state index >= 15 is 0 Å². The first-order chi connectivity index (χ1) is 14.6. The molecule has 0 bridgehead atoms. The average molecular weight is 418 g/mol. The van der Waals surface area contributed by atoms with Crippen LogP contribution in [0.2, 0.25) is 0 Å². The summed E-state index contributed by atoms with van der Waals surface area (Å²) in [5.74, 6) is -0.254. The summed E-state index contributed by atoms with van der Waals surface area (Å²) < 4.78 is 14.1. The molecule has 0 spiro atoms. The number of aryl methyl sites for hydroxylation is 1. The second-order valence-electron chi connectivity index (χ2n) is 6.71. The zero-order chi connectivity index (χ0) is 20.9. The molecule has 4 aromatic rings. The summed E-state index contributed by atoms with van der Waals surface area (Å²) in [4.78, 5) is 17.5. The van der Waals surface area contributed by atoms with Crippen LogP contribution in [0.25, 0.3) is 11.4 Å². The van der Waals surface area contributed by atoms with Gasteiger partial charge in [-0.1, -0.05) is 71.9 Å². The largest absolute Gasteiger partial charge is 0.325 e. The van der Waals surface area contributed by atoms with Gasteiger partial charge in [-0.2, -0.15) is 0 Å². The van der Waals surface area contributed by atoms with Crippen LogP contribution in [-0.2, 0) is 4.79 Å². The molecule has 3 aromatic carbocycles. The summed E-state index contributed by atoms with van der Waals surface area (Å²) in [6.07, 6.45) is 0. The van der Waals surface area contributed by atoms with Crippen LogP contribution in [0.5, 0.6) is 0 Å². The van der Waals surface area contributed by atoms with Gasteiger partial charge in [0, 0.05) is 5.69 Å². The number of carbonyl (C=O) groups is 1. The number of rotatable bonds is 6. The van der Waals surface area contributed by atoms with E-state index in [1.807, 2.05) is 61.5 Å². The zero-order valence-electron chi connectivity index (χ0n) is 16.2. The van der Waals surface area contributed by atoms with Gasteiger partial charge >= 0.3 is 0 Å². The number of hydrogen-bond donors (Lipinski definition) is 2. The average Bonchev–Trinajstić information content (AvgIpc) is 3.23. The summed E-state index contributed by atoms with van der Waals surface area (Å²) >= 11 is 1.21. The van der Waals surface area contributed by atoms with Gasteiger partial charge in [-0.25, -0.2) is 9.37 Å².